The monoisotopic (exact) mass is 504 g/mol. The Kier molecular flexibility index (Phi) is 5.50. The Morgan fingerprint density at radius 3 is 2.35 bits per heavy atom. The van der Waals surface area contributed by atoms with Gasteiger partial charge in [0.25, 0.3) is 0 Å². The van der Waals surface area contributed by atoms with Gasteiger partial charge in [0.15, 0.2) is 0 Å². The molecule has 0 aromatic heterocycles. The number of fused-ring (bicyclic) bond motifs is 5. The van der Waals surface area contributed by atoms with Crippen LogP contribution in [-0.4, -0.2) is 32.5 Å². The van der Waals surface area contributed by atoms with Crippen LogP contribution in [0.5, 0.6) is 28.7 Å². The molecule has 5 rings (SSSR count). The highest BCUT2D eigenvalue weighted by Crippen LogP contribution is 2.60. The second kappa shape index (κ2) is 8.15. The third-order valence-electron chi connectivity index (χ3n) is 7.09. The van der Waals surface area contributed by atoms with Gasteiger partial charge in [0.2, 0.25) is 11.4 Å². The normalized spacial score (nSPS) is 23.9. The van der Waals surface area contributed by atoms with Gasteiger partial charge >= 0.3 is 5.79 Å². The van der Waals surface area contributed by atoms with Gasteiger partial charge in [0, 0.05) is 23.6 Å². The first-order valence-corrected chi connectivity index (χ1v) is 12.3. The highest BCUT2D eigenvalue weighted by atomic mass is 16.7. The zero-order valence-electron chi connectivity index (χ0n) is 21.9. The van der Waals surface area contributed by atoms with Crippen molar-refractivity contribution in [2.24, 2.45) is 0 Å². The van der Waals surface area contributed by atoms with Crippen LogP contribution in [0.3, 0.4) is 0 Å². The summed E-state index contributed by atoms with van der Waals surface area (Å²) in [5, 5.41) is 33.9. The predicted octanol–water partition coefficient (Wildman–Crippen LogP) is 5.70. The number of hydrogen-bond acceptors (Lipinski definition) is 7. The van der Waals surface area contributed by atoms with Crippen LogP contribution in [0.15, 0.2) is 47.6 Å². The van der Waals surface area contributed by atoms with Crippen LogP contribution >= 0.6 is 0 Å². The summed E-state index contributed by atoms with van der Waals surface area (Å²) >= 11 is 0. The third kappa shape index (κ3) is 3.63. The van der Waals surface area contributed by atoms with E-state index in [4.69, 9.17) is 14.2 Å². The number of rotatable bonds is 4. The maximum absolute atomic E-state index is 14.1. The van der Waals surface area contributed by atoms with Gasteiger partial charge in [-0.2, -0.15) is 0 Å². The summed E-state index contributed by atoms with van der Waals surface area (Å²) in [6.07, 6.45) is 7.71. The van der Waals surface area contributed by atoms with Crippen LogP contribution in [0.2, 0.25) is 0 Å². The van der Waals surface area contributed by atoms with Crippen molar-refractivity contribution in [3.8, 4) is 28.7 Å². The number of phenols is 2. The molecule has 0 fully saturated rings. The molecule has 3 N–H and O–H groups in total. The lowest BCUT2D eigenvalue weighted by Crippen LogP contribution is -2.62. The molecule has 0 aliphatic carbocycles. The fourth-order valence-corrected chi connectivity index (χ4v) is 5.10. The van der Waals surface area contributed by atoms with E-state index in [2.05, 4.69) is 0 Å². The van der Waals surface area contributed by atoms with Gasteiger partial charge in [-0.25, -0.2) is 0 Å². The summed E-state index contributed by atoms with van der Waals surface area (Å²) < 4.78 is 18.7. The van der Waals surface area contributed by atoms with Gasteiger partial charge in [-0.05, 0) is 72.2 Å². The molecule has 0 saturated heterocycles. The Morgan fingerprint density at radius 2 is 1.68 bits per heavy atom. The first kappa shape index (κ1) is 25.0. The Labute approximate surface area is 216 Å². The van der Waals surface area contributed by atoms with Gasteiger partial charge in [-0.1, -0.05) is 23.3 Å². The average molecular weight is 505 g/mol. The predicted molar refractivity (Wildman–Crippen MR) is 139 cm³/mol. The Hall–Kier alpha value is -3.71. The molecule has 0 bridgehead atoms. The Balaban J connectivity index is 1.76. The molecule has 194 valence electrons. The maximum Gasteiger partial charge on any atom is 0.318 e. The van der Waals surface area contributed by atoms with E-state index in [1.54, 1.807) is 24.3 Å². The molecule has 7 nitrogen and oxygen atoms in total. The first-order chi connectivity index (χ1) is 17.3. The molecule has 0 saturated carbocycles. The number of allylic oxidation sites excluding steroid dienone is 3. The lowest BCUT2D eigenvalue weighted by molar-refractivity contribution is -0.201. The number of phenolic OH excluding ortho intramolecular Hbond substituents is 2. The summed E-state index contributed by atoms with van der Waals surface area (Å²) in [5.74, 6) is -3.00. The van der Waals surface area contributed by atoms with E-state index >= 15 is 0 Å². The fourth-order valence-electron chi connectivity index (χ4n) is 5.10. The van der Waals surface area contributed by atoms with Crippen molar-refractivity contribution in [3.63, 3.8) is 0 Å². The summed E-state index contributed by atoms with van der Waals surface area (Å²) in [6, 6.07) is 4.72. The number of benzene rings is 2. The van der Waals surface area contributed by atoms with E-state index in [0.717, 1.165) is 11.1 Å². The topological polar surface area (TPSA) is 105 Å². The van der Waals surface area contributed by atoms with E-state index < -0.39 is 22.8 Å². The summed E-state index contributed by atoms with van der Waals surface area (Å²) in [7, 11) is 0. The highest BCUT2D eigenvalue weighted by Gasteiger charge is 2.70. The van der Waals surface area contributed by atoms with Gasteiger partial charge in [0.1, 0.15) is 39.9 Å². The molecule has 0 radical (unpaired) electrons. The SMILES string of the molecule is CC(C)=CCc1c(O)ccc2c1O[C@@]1(O)C(=O)c3c(cc4c(c3O)C=CC(C)(C)O4)O[C@]21CC=C(C)C. The fraction of sp³-hybridized carbons (Fsp3) is 0.367. The smallest absolute Gasteiger partial charge is 0.318 e. The molecule has 0 amide bonds. The Morgan fingerprint density at radius 1 is 0.973 bits per heavy atom. The molecule has 2 aromatic rings. The number of aliphatic hydroxyl groups is 1. The van der Waals surface area contributed by atoms with Gasteiger partial charge < -0.3 is 29.5 Å². The lowest BCUT2D eigenvalue weighted by atomic mass is 9.76. The minimum atomic E-state index is -2.48. The minimum Gasteiger partial charge on any atom is -0.508 e. The van der Waals surface area contributed by atoms with Gasteiger partial charge in [0.05, 0.1) is 5.56 Å². The van der Waals surface area contributed by atoms with Crippen molar-refractivity contribution < 1.29 is 34.3 Å². The molecule has 7 heteroatoms. The van der Waals surface area contributed by atoms with Crippen LogP contribution in [0.25, 0.3) is 6.08 Å². The van der Waals surface area contributed by atoms with Crippen LogP contribution < -0.4 is 14.2 Å². The molecule has 37 heavy (non-hydrogen) atoms. The average Bonchev–Trinajstić information content (AvgIpc) is 3.05. The van der Waals surface area contributed by atoms with E-state index in [1.165, 1.54) is 6.07 Å². The van der Waals surface area contributed by atoms with Crippen molar-refractivity contribution in [2.45, 2.75) is 71.4 Å². The van der Waals surface area contributed by atoms with E-state index in [1.807, 2.05) is 53.7 Å². The summed E-state index contributed by atoms with van der Waals surface area (Å²) in [5.41, 5.74) is 0.758. The summed E-state index contributed by atoms with van der Waals surface area (Å²) in [6.45, 7) is 11.5. The van der Waals surface area contributed by atoms with Gasteiger partial charge in [-0.3, -0.25) is 4.79 Å². The number of hydrogen-bond donors (Lipinski definition) is 3. The molecule has 3 aliphatic heterocycles. The maximum atomic E-state index is 14.1. The van der Waals surface area contributed by atoms with E-state index in [-0.39, 0.29) is 35.0 Å². The minimum absolute atomic E-state index is 0.0140. The molecule has 0 unspecified atom stereocenters. The largest absolute Gasteiger partial charge is 0.508 e. The summed E-state index contributed by atoms with van der Waals surface area (Å²) in [4.78, 5) is 14.1. The number of carbonyl (C=O) groups excluding carboxylic acids is 1. The number of ether oxygens (including phenoxy) is 3. The van der Waals surface area contributed by atoms with Crippen molar-refractivity contribution in [3.05, 3.63) is 69.8 Å². The third-order valence-corrected chi connectivity index (χ3v) is 7.09. The molecule has 2 atom stereocenters. The zero-order valence-corrected chi connectivity index (χ0v) is 21.9. The van der Waals surface area contributed by atoms with Crippen LogP contribution in [0.4, 0.5) is 0 Å². The van der Waals surface area contributed by atoms with E-state index in [9.17, 15) is 20.1 Å². The highest BCUT2D eigenvalue weighted by molar-refractivity contribution is 6.10. The van der Waals surface area contributed by atoms with Crippen LogP contribution in [-0.2, 0) is 12.0 Å². The molecular weight excluding hydrogens is 472 g/mol. The van der Waals surface area contributed by atoms with Crippen molar-refractivity contribution in [2.75, 3.05) is 0 Å². The number of aromatic hydroxyl groups is 2. The van der Waals surface area contributed by atoms with Crippen molar-refractivity contribution in [1.29, 1.82) is 0 Å². The molecule has 3 heterocycles. The van der Waals surface area contributed by atoms with Crippen molar-refractivity contribution in [1.82, 2.24) is 0 Å². The van der Waals surface area contributed by atoms with Crippen LogP contribution in [0.1, 0.15) is 75.0 Å². The van der Waals surface area contributed by atoms with Crippen molar-refractivity contribution >= 4 is 11.9 Å². The number of ketones is 1. The lowest BCUT2D eigenvalue weighted by Gasteiger charge is -2.43. The standard InChI is InChI=1S/C30H32O7/c1-16(2)7-8-18-21(31)10-9-20-26(18)37-30(34)27(33)24-23(36-29(20,30)14-11-17(3)4)15-22-19(25(24)32)12-13-28(5,6)35-22/h7,9-13,15,31-32,34H,8,14H2,1-6H3/t29-,30+/m1/s1. The Bertz CT molecular complexity index is 1420. The quantitative estimate of drug-likeness (QED) is 0.459. The van der Waals surface area contributed by atoms with E-state index in [0.29, 0.717) is 28.9 Å². The number of carbonyl (C=O) groups is 1. The van der Waals surface area contributed by atoms with Crippen LogP contribution in [0, 0.1) is 0 Å². The second-order valence-corrected chi connectivity index (χ2v) is 11.0. The zero-order chi connectivity index (χ0) is 26.9. The molecule has 0 spiro atoms. The van der Waals surface area contributed by atoms with Gasteiger partial charge in [-0.15, -0.1) is 0 Å². The molecule has 3 aliphatic rings. The first-order valence-electron chi connectivity index (χ1n) is 12.3. The molecular formula is C30H32O7. The number of Topliss-reactive ketones (excluding diaryl/α,β-unsaturated/α-hetero) is 1. The molecule has 2 aromatic carbocycles. The second-order valence-electron chi connectivity index (χ2n) is 11.0.